The van der Waals surface area contributed by atoms with E-state index in [1.54, 1.807) is 0 Å². The monoisotopic (exact) mass is 231 g/mol. The Kier molecular flexibility index (Phi) is 5.59. The van der Waals surface area contributed by atoms with Gasteiger partial charge in [0.2, 0.25) is 0 Å². The fraction of sp³-hybridized carbons (Fsp3) is 0.467. The zero-order valence-electron chi connectivity index (χ0n) is 10.9. The molecule has 0 atom stereocenters. The van der Waals surface area contributed by atoms with Crippen LogP contribution in [-0.2, 0) is 0 Å². The highest BCUT2D eigenvalue weighted by Gasteiger charge is 2.03. The maximum absolute atomic E-state index is 5.69. The second kappa shape index (κ2) is 6.98. The zero-order valence-corrected chi connectivity index (χ0v) is 10.9. The molecule has 2 heteroatoms. The van der Waals surface area contributed by atoms with Crippen molar-refractivity contribution in [1.29, 1.82) is 0 Å². The Bertz CT molecular complexity index is 390. The second-order valence-electron chi connectivity index (χ2n) is 4.46. The fourth-order valence-electron chi connectivity index (χ4n) is 1.59. The highest BCUT2D eigenvalue weighted by Crippen LogP contribution is 2.22. The Hall–Kier alpha value is -1.46. The average Bonchev–Trinajstić information content (AvgIpc) is 2.28. The SMILES string of the molecule is C#CCNCCOc1cc(C)cc(C(C)C)c1. The van der Waals surface area contributed by atoms with E-state index in [2.05, 4.69) is 50.2 Å². The minimum Gasteiger partial charge on any atom is -0.492 e. The van der Waals surface area contributed by atoms with Crippen molar-refractivity contribution >= 4 is 0 Å². The predicted molar refractivity (Wildman–Crippen MR) is 72.5 cm³/mol. The number of hydrogen-bond acceptors (Lipinski definition) is 2. The first-order valence-corrected chi connectivity index (χ1v) is 6.02. The van der Waals surface area contributed by atoms with Crippen molar-refractivity contribution < 1.29 is 4.74 Å². The molecule has 0 radical (unpaired) electrons. The first-order chi connectivity index (χ1) is 8.13. The molecule has 0 bridgehead atoms. The predicted octanol–water partition coefficient (Wildman–Crippen LogP) is 2.72. The molecule has 0 amide bonds. The van der Waals surface area contributed by atoms with Crippen molar-refractivity contribution in [2.24, 2.45) is 0 Å². The van der Waals surface area contributed by atoms with Gasteiger partial charge in [0.15, 0.2) is 0 Å². The molecule has 1 rings (SSSR count). The molecule has 1 aromatic rings. The maximum Gasteiger partial charge on any atom is 0.119 e. The number of benzene rings is 1. The molecule has 2 nitrogen and oxygen atoms in total. The second-order valence-corrected chi connectivity index (χ2v) is 4.46. The van der Waals surface area contributed by atoms with Crippen LogP contribution >= 0.6 is 0 Å². The van der Waals surface area contributed by atoms with Crippen LogP contribution < -0.4 is 10.1 Å². The van der Waals surface area contributed by atoms with E-state index in [1.807, 2.05) is 0 Å². The standard InChI is InChI=1S/C15H21NO/c1-5-6-16-7-8-17-15-10-13(4)9-14(11-15)12(2)3/h1,9-12,16H,6-8H2,2-4H3. The molecule has 0 aliphatic heterocycles. The van der Waals surface area contributed by atoms with Gasteiger partial charge in [-0.2, -0.15) is 0 Å². The van der Waals surface area contributed by atoms with Gasteiger partial charge in [0, 0.05) is 6.54 Å². The largest absolute Gasteiger partial charge is 0.492 e. The zero-order chi connectivity index (χ0) is 12.7. The molecule has 0 aromatic heterocycles. The van der Waals surface area contributed by atoms with E-state index in [4.69, 9.17) is 11.2 Å². The number of terminal acetylenes is 1. The van der Waals surface area contributed by atoms with Crippen molar-refractivity contribution in [3.8, 4) is 18.1 Å². The number of ether oxygens (including phenoxy) is 1. The molecular formula is C15H21NO. The molecule has 17 heavy (non-hydrogen) atoms. The molecule has 1 N–H and O–H groups in total. The van der Waals surface area contributed by atoms with Crippen LogP contribution in [0.15, 0.2) is 18.2 Å². The molecule has 0 saturated heterocycles. The van der Waals surface area contributed by atoms with Gasteiger partial charge in [0.25, 0.3) is 0 Å². The maximum atomic E-state index is 5.69. The van der Waals surface area contributed by atoms with Gasteiger partial charge in [0.05, 0.1) is 6.54 Å². The molecule has 0 aliphatic carbocycles. The normalized spacial score (nSPS) is 10.3. The quantitative estimate of drug-likeness (QED) is 0.600. The summed E-state index contributed by atoms with van der Waals surface area (Å²) < 4.78 is 5.69. The van der Waals surface area contributed by atoms with Gasteiger partial charge in [-0.15, -0.1) is 6.42 Å². The van der Waals surface area contributed by atoms with Gasteiger partial charge in [0.1, 0.15) is 12.4 Å². The molecule has 92 valence electrons. The van der Waals surface area contributed by atoms with Gasteiger partial charge in [-0.1, -0.05) is 25.8 Å². The molecule has 0 aliphatic rings. The Balaban J connectivity index is 2.50. The molecule has 0 spiro atoms. The van der Waals surface area contributed by atoms with Crippen LogP contribution in [0, 0.1) is 19.3 Å². The summed E-state index contributed by atoms with van der Waals surface area (Å²) in [5.41, 5.74) is 2.55. The summed E-state index contributed by atoms with van der Waals surface area (Å²) in [6, 6.07) is 6.38. The van der Waals surface area contributed by atoms with E-state index in [1.165, 1.54) is 11.1 Å². The van der Waals surface area contributed by atoms with Crippen LogP contribution in [0.5, 0.6) is 5.75 Å². The van der Waals surface area contributed by atoms with Crippen LogP contribution in [0.4, 0.5) is 0 Å². The summed E-state index contributed by atoms with van der Waals surface area (Å²) in [4.78, 5) is 0. The van der Waals surface area contributed by atoms with Crippen molar-refractivity contribution in [2.75, 3.05) is 19.7 Å². The first-order valence-electron chi connectivity index (χ1n) is 6.02. The lowest BCUT2D eigenvalue weighted by Gasteiger charge is -2.11. The van der Waals surface area contributed by atoms with E-state index >= 15 is 0 Å². The Morgan fingerprint density at radius 2 is 2.12 bits per heavy atom. The highest BCUT2D eigenvalue weighted by atomic mass is 16.5. The number of rotatable bonds is 6. The fourth-order valence-corrected chi connectivity index (χ4v) is 1.59. The van der Waals surface area contributed by atoms with Gasteiger partial charge in [-0.3, -0.25) is 0 Å². The van der Waals surface area contributed by atoms with E-state index in [0.29, 0.717) is 19.1 Å². The lowest BCUT2D eigenvalue weighted by molar-refractivity contribution is 0.316. The summed E-state index contributed by atoms with van der Waals surface area (Å²) >= 11 is 0. The summed E-state index contributed by atoms with van der Waals surface area (Å²) in [5.74, 6) is 4.00. The van der Waals surface area contributed by atoms with Crippen molar-refractivity contribution in [3.05, 3.63) is 29.3 Å². The molecule has 1 aromatic carbocycles. The lowest BCUT2D eigenvalue weighted by Crippen LogP contribution is -2.21. The minimum absolute atomic E-state index is 0.525. The van der Waals surface area contributed by atoms with E-state index in [0.717, 1.165) is 12.3 Å². The highest BCUT2D eigenvalue weighted by molar-refractivity contribution is 5.35. The van der Waals surface area contributed by atoms with Crippen LogP contribution in [0.25, 0.3) is 0 Å². The van der Waals surface area contributed by atoms with E-state index in [-0.39, 0.29) is 0 Å². The van der Waals surface area contributed by atoms with Crippen molar-refractivity contribution in [1.82, 2.24) is 5.32 Å². The van der Waals surface area contributed by atoms with Gasteiger partial charge in [-0.05, 0) is 36.1 Å². The van der Waals surface area contributed by atoms with Crippen molar-refractivity contribution in [2.45, 2.75) is 26.7 Å². The van der Waals surface area contributed by atoms with Crippen LogP contribution in [0.2, 0.25) is 0 Å². The Labute approximate surface area is 104 Å². The third-order valence-corrected chi connectivity index (χ3v) is 2.51. The molecule has 0 heterocycles. The summed E-state index contributed by atoms with van der Waals surface area (Å²) in [5, 5.41) is 3.10. The minimum atomic E-state index is 0.525. The van der Waals surface area contributed by atoms with E-state index in [9.17, 15) is 0 Å². The first kappa shape index (κ1) is 13.6. The lowest BCUT2D eigenvalue weighted by atomic mass is 10.0. The van der Waals surface area contributed by atoms with Gasteiger partial charge >= 0.3 is 0 Å². The molecule has 0 unspecified atom stereocenters. The van der Waals surface area contributed by atoms with Crippen LogP contribution in [0.1, 0.15) is 30.9 Å². The van der Waals surface area contributed by atoms with Crippen LogP contribution in [0.3, 0.4) is 0 Å². The average molecular weight is 231 g/mol. The van der Waals surface area contributed by atoms with Gasteiger partial charge in [-0.25, -0.2) is 0 Å². The third-order valence-electron chi connectivity index (χ3n) is 2.51. The number of aryl methyl sites for hydroxylation is 1. The summed E-state index contributed by atoms with van der Waals surface area (Å²) in [6.45, 7) is 8.47. The number of hydrogen-bond donors (Lipinski definition) is 1. The molecule has 0 saturated carbocycles. The third kappa shape index (κ3) is 4.93. The Morgan fingerprint density at radius 1 is 1.35 bits per heavy atom. The molecular weight excluding hydrogens is 210 g/mol. The smallest absolute Gasteiger partial charge is 0.119 e. The van der Waals surface area contributed by atoms with Crippen LogP contribution in [-0.4, -0.2) is 19.7 Å². The number of nitrogens with one attached hydrogen (secondary N) is 1. The summed E-state index contributed by atoms with van der Waals surface area (Å²) in [7, 11) is 0. The Morgan fingerprint density at radius 3 is 2.76 bits per heavy atom. The van der Waals surface area contributed by atoms with Gasteiger partial charge < -0.3 is 10.1 Å². The summed E-state index contributed by atoms with van der Waals surface area (Å²) in [6.07, 6.45) is 5.14. The molecule has 0 fully saturated rings. The van der Waals surface area contributed by atoms with Crippen molar-refractivity contribution in [3.63, 3.8) is 0 Å². The topological polar surface area (TPSA) is 21.3 Å². The van der Waals surface area contributed by atoms with E-state index < -0.39 is 0 Å².